The molecule has 0 aromatic carbocycles. The molecule has 0 bridgehead atoms. The van der Waals surface area contributed by atoms with Crippen LogP contribution in [0.25, 0.3) is 0 Å². The van der Waals surface area contributed by atoms with E-state index in [0.29, 0.717) is 0 Å². The summed E-state index contributed by atoms with van der Waals surface area (Å²) in [6.07, 6.45) is 8.57. The van der Waals surface area contributed by atoms with Gasteiger partial charge in [0.15, 0.2) is 0 Å². The molecule has 0 saturated heterocycles. The quantitative estimate of drug-likeness (QED) is 0.682. The standard InChI is InChI=1S/C11H23N/c1-3-7-10-8-5-6-9-11(10)12-4-2/h10-12H,3-9H2,1-2H3/t10-,11+/m0/s1. The molecule has 0 radical (unpaired) electrons. The average Bonchev–Trinajstić information content (AvgIpc) is 2.09. The molecule has 1 heteroatoms. The normalized spacial score (nSPS) is 30.5. The van der Waals surface area contributed by atoms with Crippen molar-refractivity contribution in [2.24, 2.45) is 5.92 Å². The number of rotatable bonds is 4. The van der Waals surface area contributed by atoms with Crippen LogP contribution in [-0.2, 0) is 0 Å². The third-order valence-electron chi connectivity index (χ3n) is 3.03. The number of hydrogen-bond acceptors (Lipinski definition) is 1. The fourth-order valence-corrected chi connectivity index (χ4v) is 2.45. The first-order chi connectivity index (χ1) is 5.88. The molecule has 0 heterocycles. The Morgan fingerprint density at radius 2 is 1.92 bits per heavy atom. The summed E-state index contributed by atoms with van der Waals surface area (Å²) < 4.78 is 0. The maximum Gasteiger partial charge on any atom is 0.00952 e. The van der Waals surface area contributed by atoms with E-state index in [1.54, 1.807) is 0 Å². The molecule has 1 aliphatic rings. The highest BCUT2D eigenvalue weighted by Crippen LogP contribution is 2.27. The molecular weight excluding hydrogens is 146 g/mol. The molecule has 1 aliphatic carbocycles. The Morgan fingerprint density at radius 1 is 1.17 bits per heavy atom. The highest BCUT2D eigenvalue weighted by atomic mass is 14.9. The smallest absolute Gasteiger partial charge is 0.00952 e. The molecule has 0 aromatic heterocycles. The van der Waals surface area contributed by atoms with E-state index in [1.165, 1.54) is 38.5 Å². The number of nitrogens with one attached hydrogen (secondary N) is 1. The van der Waals surface area contributed by atoms with Crippen LogP contribution in [0.15, 0.2) is 0 Å². The summed E-state index contributed by atoms with van der Waals surface area (Å²) in [5.74, 6) is 0.976. The van der Waals surface area contributed by atoms with E-state index in [2.05, 4.69) is 19.2 Å². The Hall–Kier alpha value is -0.0400. The molecule has 1 nitrogen and oxygen atoms in total. The van der Waals surface area contributed by atoms with Gasteiger partial charge < -0.3 is 5.32 Å². The molecular formula is C11H23N. The van der Waals surface area contributed by atoms with Crippen molar-refractivity contribution in [3.05, 3.63) is 0 Å². The van der Waals surface area contributed by atoms with E-state index in [4.69, 9.17) is 0 Å². The fourth-order valence-electron chi connectivity index (χ4n) is 2.45. The van der Waals surface area contributed by atoms with Gasteiger partial charge in [-0.05, 0) is 31.7 Å². The van der Waals surface area contributed by atoms with Crippen molar-refractivity contribution in [3.63, 3.8) is 0 Å². The highest BCUT2D eigenvalue weighted by Gasteiger charge is 2.22. The van der Waals surface area contributed by atoms with Crippen LogP contribution in [0.5, 0.6) is 0 Å². The minimum atomic E-state index is 0.837. The Bertz CT molecular complexity index is 93.6. The zero-order chi connectivity index (χ0) is 8.81. The summed E-state index contributed by atoms with van der Waals surface area (Å²) in [7, 11) is 0. The minimum Gasteiger partial charge on any atom is -0.314 e. The van der Waals surface area contributed by atoms with Gasteiger partial charge in [0.05, 0.1) is 0 Å². The predicted molar refractivity (Wildman–Crippen MR) is 54.3 cm³/mol. The molecule has 72 valence electrons. The minimum absolute atomic E-state index is 0.837. The Labute approximate surface area is 76.9 Å². The Kier molecular flexibility index (Phi) is 4.67. The van der Waals surface area contributed by atoms with E-state index < -0.39 is 0 Å². The van der Waals surface area contributed by atoms with Gasteiger partial charge in [0.1, 0.15) is 0 Å². The summed E-state index contributed by atoms with van der Waals surface area (Å²) in [6.45, 7) is 5.67. The second-order valence-electron chi connectivity index (χ2n) is 4.00. The Morgan fingerprint density at radius 3 is 2.58 bits per heavy atom. The molecule has 1 rings (SSSR count). The van der Waals surface area contributed by atoms with Gasteiger partial charge >= 0.3 is 0 Å². The molecule has 1 saturated carbocycles. The molecule has 1 N–H and O–H groups in total. The summed E-state index contributed by atoms with van der Waals surface area (Å²) in [4.78, 5) is 0. The van der Waals surface area contributed by atoms with Crippen molar-refractivity contribution in [1.82, 2.24) is 5.32 Å². The average molecular weight is 169 g/mol. The third kappa shape index (κ3) is 2.78. The maximum absolute atomic E-state index is 3.62. The lowest BCUT2D eigenvalue weighted by Gasteiger charge is -2.31. The zero-order valence-electron chi connectivity index (χ0n) is 8.60. The second-order valence-corrected chi connectivity index (χ2v) is 4.00. The van der Waals surface area contributed by atoms with Crippen LogP contribution in [0.4, 0.5) is 0 Å². The van der Waals surface area contributed by atoms with Crippen LogP contribution >= 0.6 is 0 Å². The summed E-state index contributed by atoms with van der Waals surface area (Å²) in [6, 6.07) is 0.837. The van der Waals surface area contributed by atoms with Crippen molar-refractivity contribution in [3.8, 4) is 0 Å². The molecule has 2 atom stereocenters. The van der Waals surface area contributed by atoms with Gasteiger partial charge in [-0.1, -0.05) is 33.1 Å². The molecule has 1 fully saturated rings. The third-order valence-corrected chi connectivity index (χ3v) is 3.03. The van der Waals surface area contributed by atoms with Gasteiger partial charge in [0.2, 0.25) is 0 Å². The van der Waals surface area contributed by atoms with E-state index in [9.17, 15) is 0 Å². The summed E-state index contributed by atoms with van der Waals surface area (Å²) >= 11 is 0. The first-order valence-electron chi connectivity index (χ1n) is 5.61. The topological polar surface area (TPSA) is 12.0 Å². The van der Waals surface area contributed by atoms with Gasteiger partial charge in [-0.3, -0.25) is 0 Å². The van der Waals surface area contributed by atoms with Crippen LogP contribution in [-0.4, -0.2) is 12.6 Å². The fraction of sp³-hybridized carbons (Fsp3) is 1.00. The van der Waals surface area contributed by atoms with Crippen molar-refractivity contribution in [2.75, 3.05) is 6.54 Å². The molecule has 12 heavy (non-hydrogen) atoms. The molecule has 0 aromatic rings. The number of hydrogen-bond donors (Lipinski definition) is 1. The lowest BCUT2D eigenvalue weighted by molar-refractivity contribution is 0.251. The van der Waals surface area contributed by atoms with Crippen molar-refractivity contribution in [2.45, 2.75) is 58.4 Å². The van der Waals surface area contributed by atoms with Crippen LogP contribution in [0, 0.1) is 5.92 Å². The van der Waals surface area contributed by atoms with E-state index in [0.717, 1.165) is 18.5 Å². The highest BCUT2D eigenvalue weighted by molar-refractivity contribution is 4.80. The van der Waals surface area contributed by atoms with Crippen LogP contribution in [0.3, 0.4) is 0 Å². The lowest BCUT2D eigenvalue weighted by Crippen LogP contribution is -2.38. The maximum atomic E-state index is 3.62. The van der Waals surface area contributed by atoms with Crippen molar-refractivity contribution in [1.29, 1.82) is 0 Å². The zero-order valence-corrected chi connectivity index (χ0v) is 8.60. The molecule has 0 aliphatic heterocycles. The monoisotopic (exact) mass is 169 g/mol. The molecule has 0 spiro atoms. The first-order valence-corrected chi connectivity index (χ1v) is 5.61. The summed E-state index contributed by atoms with van der Waals surface area (Å²) in [5, 5.41) is 3.62. The van der Waals surface area contributed by atoms with Crippen LogP contribution < -0.4 is 5.32 Å². The van der Waals surface area contributed by atoms with Crippen molar-refractivity contribution < 1.29 is 0 Å². The molecule has 0 unspecified atom stereocenters. The van der Waals surface area contributed by atoms with Crippen molar-refractivity contribution >= 4 is 0 Å². The second kappa shape index (κ2) is 5.58. The van der Waals surface area contributed by atoms with E-state index in [-0.39, 0.29) is 0 Å². The van der Waals surface area contributed by atoms with Gasteiger partial charge in [0, 0.05) is 6.04 Å². The van der Waals surface area contributed by atoms with Gasteiger partial charge in [-0.2, -0.15) is 0 Å². The van der Waals surface area contributed by atoms with Crippen LogP contribution in [0.1, 0.15) is 52.4 Å². The Balaban J connectivity index is 2.31. The van der Waals surface area contributed by atoms with Gasteiger partial charge in [-0.25, -0.2) is 0 Å². The lowest BCUT2D eigenvalue weighted by atomic mass is 9.82. The predicted octanol–water partition coefficient (Wildman–Crippen LogP) is 2.95. The van der Waals surface area contributed by atoms with E-state index in [1.807, 2.05) is 0 Å². The first kappa shape index (κ1) is 10.0. The molecule has 0 amide bonds. The SMILES string of the molecule is CCC[C@H]1CCCC[C@H]1NCC. The van der Waals surface area contributed by atoms with Gasteiger partial charge in [0.25, 0.3) is 0 Å². The largest absolute Gasteiger partial charge is 0.314 e. The van der Waals surface area contributed by atoms with E-state index >= 15 is 0 Å². The van der Waals surface area contributed by atoms with Crippen LogP contribution in [0.2, 0.25) is 0 Å². The summed E-state index contributed by atoms with van der Waals surface area (Å²) in [5.41, 5.74) is 0. The van der Waals surface area contributed by atoms with Gasteiger partial charge in [-0.15, -0.1) is 0 Å².